The minimum absolute atomic E-state index is 0.0958. The smallest absolute Gasteiger partial charge is 0.330 e. The average Bonchev–Trinajstić information content (AvgIpc) is 3.12. The number of carboxylic acids is 1. The van der Waals surface area contributed by atoms with Gasteiger partial charge in [0.15, 0.2) is 11.5 Å². The minimum Gasteiger partial charge on any atom is -0.479 e. The summed E-state index contributed by atoms with van der Waals surface area (Å²) < 4.78 is 16.0. The Kier molecular flexibility index (Phi) is 5.20. The van der Waals surface area contributed by atoms with Crippen LogP contribution < -0.4 is 20.1 Å². The molecule has 28 heavy (non-hydrogen) atoms. The fourth-order valence-corrected chi connectivity index (χ4v) is 3.62. The first-order valence-corrected chi connectivity index (χ1v) is 9.05. The fourth-order valence-electron chi connectivity index (χ4n) is 3.62. The Labute approximate surface area is 162 Å². The van der Waals surface area contributed by atoms with Gasteiger partial charge in [0.25, 0.3) is 5.91 Å². The van der Waals surface area contributed by atoms with Crippen molar-refractivity contribution in [1.82, 2.24) is 10.6 Å². The number of benzene rings is 1. The van der Waals surface area contributed by atoms with Crippen LogP contribution in [0.1, 0.15) is 37.6 Å². The predicted octanol–water partition coefficient (Wildman–Crippen LogP) is 0.920. The summed E-state index contributed by atoms with van der Waals surface area (Å²) in [5.74, 6) is -1.17. The largest absolute Gasteiger partial charge is 0.479 e. The van der Waals surface area contributed by atoms with Crippen molar-refractivity contribution in [3.63, 3.8) is 0 Å². The highest BCUT2D eigenvalue weighted by atomic mass is 16.7. The second-order valence-corrected chi connectivity index (χ2v) is 7.38. The number of ether oxygens (including phenoxy) is 3. The summed E-state index contributed by atoms with van der Waals surface area (Å²) in [6.07, 6.45) is -0.0949. The molecule has 1 aliphatic heterocycles. The zero-order chi connectivity index (χ0) is 20.5. The highest BCUT2D eigenvalue weighted by Gasteiger charge is 2.66. The molecular weight excluding hydrogens is 368 g/mol. The van der Waals surface area contributed by atoms with Crippen molar-refractivity contribution in [2.75, 3.05) is 19.9 Å². The first kappa shape index (κ1) is 19.9. The molecule has 0 spiro atoms. The third kappa shape index (κ3) is 3.26. The molecule has 1 heterocycles. The molecule has 2 aliphatic rings. The van der Waals surface area contributed by atoms with Gasteiger partial charge in [-0.25, -0.2) is 4.79 Å². The first-order valence-electron chi connectivity index (χ1n) is 9.05. The van der Waals surface area contributed by atoms with Gasteiger partial charge in [0.05, 0.1) is 12.6 Å². The van der Waals surface area contributed by atoms with Crippen LogP contribution in [0.25, 0.3) is 0 Å². The van der Waals surface area contributed by atoms with Crippen molar-refractivity contribution in [3.05, 3.63) is 23.8 Å². The Morgan fingerprint density at radius 3 is 2.61 bits per heavy atom. The zero-order valence-electron chi connectivity index (χ0n) is 16.0. The standard InChI is InChI=1S/C19H24N2O7/c1-4-26-14-8-19(17(24)25,18(14,2)3)21-15(22)9-20-16(23)11-5-6-12-13(7-11)28-10-27-12/h5-7,14H,4,8-10H2,1-3H3,(H,20,23)(H,21,22)(H,24,25). The number of aliphatic carboxylic acids is 1. The molecule has 1 aromatic carbocycles. The van der Waals surface area contributed by atoms with E-state index in [1.54, 1.807) is 26.0 Å². The number of nitrogens with one attached hydrogen (secondary N) is 2. The molecule has 152 valence electrons. The van der Waals surface area contributed by atoms with Crippen LogP contribution in [0.4, 0.5) is 0 Å². The maximum atomic E-state index is 12.4. The van der Waals surface area contributed by atoms with E-state index in [-0.39, 0.29) is 25.9 Å². The number of carboxylic acid groups (broad SMARTS) is 1. The van der Waals surface area contributed by atoms with Crippen LogP contribution in [0.15, 0.2) is 18.2 Å². The molecule has 0 aromatic heterocycles. The van der Waals surface area contributed by atoms with E-state index >= 15 is 0 Å². The van der Waals surface area contributed by atoms with Gasteiger partial charge in [0.2, 0.25) is 12.7 Å². The van der Waals surface area contributed by atoms with Crippen LogP contribution in [0.3, 0.4) is 0 Å². The number of fused-ring (bicyclic) bond motifs is 1. The molecule has 9 nitrogen and oxygen atoms in total. The second kappa shape index (κ2) is 7.31. The van der Waals surface area contributed by atoms with Crippen LogP contribution in [0.5, 0.6) is 11.5 Å². The van der Waals surface area contributed by atoms with E-state index in [9.17, 15) is 19.5 Å². The number of hydrogen-bond acceptors (Lipinski definition) is 6. The van der Waals surface area contributed by atoms with E-state index in [4.69, 9.17) is 14.2 Å². The quantitative estimate of drug-likeness (QED) is 0.630. The van der Waals surface area contributed by atoms with Gasteiger partial charge in [-0.15, -0.1) is 0 Å². The molecule has 0 radical (unpaired) electrons. The molecule has 1 aromatic rings. The second-order valence-electron chi connectivity index (χ2n) is 7.38. The third-order valence-electron chi connectivity index (χ3n) is 5.53. The van der Waals surface area contributed by atoms with Crippen LogP contribution in [-0.4, -0.2) is 54.5 Å². The summed E-state index contributed by atoms with van der Waals surface area (Å²) >= 11 is 0. The number of rotatable bonds is 7. The lowest BCUT2D eigenvalue weighted by Crippen LogP contribution is -2.76. The summed E-state index contributed by atoms with van der Waals surface area (Å²) in [4.78, 5) is 36.5. The van der Waals surface area contributed by atoms with Gasteiger partial charge >= 0.3 is 5.97 Å². The van der Waals surface area contributed by atoms with E-state index < -0.39 is 28.7 Å². The Morgan fingerprint density at radius 1 is 1.25 bits per heavy atom. The average molecular weight is 392 g/mol. The Morgan fingerprint density at radius 2 is 1.96 bits per heavy atom. The first-order chi connectivity index (χ1) is 13.2. The monoisotopic (exact) mass is 392 g/mol. The maximum Gasteiger partial charge on any atom is 0.330 e. The highest BCUT2D eigenvalue weighted by Crippen LogP contribution is 2.51. The number of carbonyl (C=O) groups excluding carboxylic acids is 2. The number of amides is 2. The molecule has 3 rings (SSSR count). The highest BCUT2D eigenvalue weighted by molar-refractivity contribution is 5.98. The van der Waals surface area contributed by atoms with Crippen LogP contribution in [0, 0.1) is 5.41 Å². The van der Waals surface area contributed by atoms with E-state index in [2.05, 4.69) is 10.6 Å². The van der Waals surface area contributed by atoms with Gasteiger partial charge in [-0.05, 0) is 25.1 Å². The molecule has 0 saturated heterocycles. The molecule has 1 saturated carbocycles. The van der Waals surface area contributed by atoms with Crippen LogP contribution in [0.2, 0.25) is 0 Å². The van der Waals surface area contributed by atoms with Gasteiger partial charge in [-0.1, -0.05) is 13.8 Å². The molecule has 2 atom stereocenters. The normalized spacial score (nSPS) is 24.2. The SMILES string of the molecule is CCOC1CC(NC(=O)CNC(=O)c2ccc3c(c2)OCO3)(C(=O)O)C1(C)C. The summed E-state index contributed by atoms with van der Waals surface area (Å²) in [5.41, 5.74) is -1.91. The van der Waals surface area contributed by atoms with Crippen LogP contribution in [-0.2, 0) is 14.3 Å². The minimum atomic E-state index is -1.44. The third-order valence-corrected chi connectivity index (χ3v) is 5.53. The van der Waals surface area contributed by atoms with E-state index in [1.807, 2.05) is 6.92 Å². The van der Waals surface area contributed by atoms with Crippen molar-refractivity contribution in [2.24, 2.45) is 5.41 Å². The summed E-state index contributed by atoms with van der Waals surface area (Å²) in [7, 11) is 0. The topological polar surface area (TPSA) is 123 Å². The van der Waals surface area contributed by atoms with Crippen LogP contribution >= 0.6 is 0 Å². The van der Waals surface area contributed by atoms with Crippen molar-refractivity contribution >= 4 is 17.8 Å². The van der Waals surface area contributed by atoms with Gasteiger partial charge < -0.3 is 30.0 Å². The van der Waals surface area contributed by atoms with E-state index in [0.29, 0.717) is 23.7 Å². The van der Waals surface area contributed by atoms with E-state index in [1.165, 1.54) is 6.07 Å². The summed E-state index contributed by atoms with van der Waals surface area (Å²) in [6, 6.07) is 4.69. The van der Waals surface area contributed by atoms with Crippen molar-refractivity contribution in [2.45, 2.75) is 38.8 Å². The zero-order valence-corrected chi connectivity index (χ0v) is 16.0. The summed E-state index contributed by atoms with van der Waals surface area (Å²) in [6.45, 7) is 5.54. The van der Waals surface area contributed by atoms with Crippen molar-refractivity contribution < 1.29 is 33.7 Å². The van der Waals surface area contributed by atoms with Gasteiger partial charge in [-0.2, -0.15) is 0 Å². The van der Waals surface area contributed by atoms with E-state index in [0.717, 1.165) is 0 Å². The molecule has 3 N–H and O–H groups in total. The number of carbonyl (C=O) groups is 3. The molecule has 9 heteroatoms. The Hall–Kier alpha value is -2.81. The van der Waals surface area contributed by atoms with Gasteiger partial charge in [0.1, 0.15) is 5.54 Å². The fraction of sp³-hybridized carbons (Fsp3) is 0.526. The Bertz CT molecular complexity index is 807. The molecule has 1 fully saturated rings. The lowest BCUT2D eigenvalue weighted by atomic mass is 9.54. The van der Waals surface area contributed by atoms with Crippen molar-refractivity contribution in [1.29, 1.82) is 0 Å². The van der Waals surface area contributed by atoms with Gasteiger partial charge in [0, 0.05) is 24.0 Å². The summed E-state index contributed by atoms with van der Waals surface area (Å²) in [5, 5.41) is 14.8. The molecular formula is C19H24N2O7. The van der Waals surface area contributed by atoms with Gasteiger partial charge in [-0.3, -0.25) is 9.59 Å². The molecule has 2 unspecified atom stereocenters. The Balaban J connectivity index is 1.60. The molecule has 0 bridgehead atoms. The van der Waals surface area contributed by atoms with Crippen molar-refractivity contribution in [3.8, 4) is 11.5 Å². The maximum absolute atomic E-state index is 12.4. The molecule has 1 aliphatic carbocycles. The number of hydrogen-bond donors (Lipinski definition) is 3. The lowest BCUT2D eigenvalue weighted by Gasteiger charge is -2.58. The lowest BCUT2D eigenvalue weighted by molar-refractivity contribution is -0.194. The predicted molar refractivity (Wildman–Crippen MR) is 97.2 cm³/mol. The molecule has 2 amide bonds.